The third kappa shape index (κ3) is 2.98. The highest BCUT2D eigenvalue weighted by Gasteiger charge is 2.53. The van der Waals surface area contributed by atoms with Crippen molar-refractivity contribution >= 4 is 23.5 Å². The van der Waals surface area contributed by atoms with Crippen LogP contribution in [-0.4, -0.2) is 34.5 Å². The molecule has 1 saturated carbocycles. The second-order valence-corrected chi connectivity index (χ2v) is 6.85. The van der Waals surface area contributed by atoms with E-state index in [9.17, 15) is 9.59 Å². The van der Waals surface area contributed by atoms with Crippen LogP contribution in [0.15, 0.2) is 24.3 Å². The van der Waals surface area contributed by atoms with E-state index in [1.165, 1.54) is 0 Å². The third-order valence-corrected chi connectivity index (χ3v) is 5.21. The van der Waals surface area contributed by atoms with Gasteiger partial charge in [0.15, 0.2) is 0 Å². The molecule has 5 heteroatoms. The van der Waals surface area contributed by atoms with Gasteiger partial charge in [0.25, 0.3) is 0 Å². The normalized spacial score (nSPS) is 22.6. The molecular formula is C17H20ClNO3. The lowest BCUT2D eigenvalue weighted by molar-refractivity contribution is -0.142. The van der Waals surface area contributed by atoms with Crippen LogP contribution in [0.1, 0.15) is 37.7 Å². The quantitative estimate of drug-likeness (QED) is 0.906. The van der Waals surface area contributed by atoms with Crippen LogP contribution in [0.2, 0.25) is 5.02 Å². The lowest BCUT2D eigenvalue weighted by atomic mass is 9.94. The zero-order chi connectivity index (χ0) is 15.7. The SMILES string of the molecule is O=C(O)CC1CCCN1C(=O)C1(Cc2ccccc2Cl)CC1. The minimum absolute atomic E-state index is 0.0495. The molecule has 1 aliphatic carbocycles. The van der Waals surface area contributed by atoms with Crippen LogP contribution in [0, 0.1) is 5.41 Å². The van der Waals surface area contributed by atoms with Gasteiger partial charge >= 0.3 is 5.97 Å². The van der Waals surface area contributed by atoms with Crippen LogP contribution >= 0.6 is 11.6 Å². The fraction of sp³-hybridized carbons (Fsp3) is 0.529. The van der Waals surface area contributed by atoms with Crippen LogP contribution in [0.25, 0.3) is 0 Å². The second kappa shape index (κ2) is 5.92. The number of nitrogens with zero attached hydrogens (tertiary/aromatic N) is 1. The van der Waals surface area contributed by atoms with Gasteiger partial charge in [0.05, 0.1) is 11.8 Å². The van der Waals surface area contributed by atoms with Crippen LogP contribution in [-0.2, 0) is 16.0 Å². The molecule has 1 aromatic rings. The molecule has 1 unspecified atom stereocenters. The van der Waals surface area contributed by atoms with Crippen molar-refractivity contribution in [2.45, 2.75) is 44.6 Å². The van der Waals surface area contributed by atoms with Crippen LogP contribution in [0.5, 0.6) is 0 Å². The lowest BCUT2D eigenvalue weighted by Crippen LogP contribution is -2.42. The summed E-state index contributed by atoms with van der Waals surface area (Å²) >= 11 is 6.22. The van der Waals surface area contributed by atoms with E-state index in [4.69, 9.17) is 16.7 Å². The molecular weight excluding hydrogens is 302 g/mol. The van der Waals surface area contributed by atoms with Gasteiger partial charge in [-0.2, -0.15) is 0 Å². The van der Waals surface area contributed by atoms with E-state index in [0.717, 1.165) is 31.2 Å². The number of carbonyl (C=O) groups excluding carboxylic acids is 1. The third-order valence-electron chi connectivity index (χ3n) is 4.84. The maximum absolute atomic E-state index is 12.9. The van der Waals surface area contributed by atoms with E-state index >= 15 is 0 Å². The Hall–Kier alpha value is -1.55. The van der Waals surface area contributed by atoms with Gasteiger partial charge in [-0.3, -0.25) is 9.59 Å². The Kier molecular flexibility index (Phi) is 4.13. The van der Waals surface area contributed by atoms with E-state index in [1.807, 2.05) is 24.3 Å². The van der Waals surface area contributed by atoms with E-state index in [0.29, 0.717) is 18.0 Å². The maximum Gasteiger partial charge on any atom is 0.305 e. The van der Waals surface area contributed by atoms with E-state index < -0.39 is 5.97 Å². The van der Waals surface area contributed by atoms with Crippen molar-refractivity contribution in [1.29, 1.82) is 0 Å². The number of halogens is 1. The minimum Gasteiger partial charge on any atom is -0.481 e. The highest BCUT2D eigenvalue weighted by Crippen LogP contribution is 2.51. The van der Waals surface area contributed by atoms with Crippen molar-refractivity contribution < 1.29 is 14.7 Å². The van der Waals surface area contributed by atoms with Crippen molar-refractivity contribution in [2.24, 2.45) is 5.41 Å². The summed E-state index contributed by atoms with van der Waals surface area (Å²) in [6.07, 6.45) is 4.13. The summed E-state index contributed by atoms with van der Waals surface area (Å²) in [5.41, 5.74) is 0.649. The molecule has 3 rings (SSSR count). The second-order valence-electron chi connectivity index (χ2n) is 6.44. The van der Waals surface area contributed by atoms with E-state index in [1.54, 1.807) is 4.90 Å². The Morgan fingerprint density at radius 1 is 1.32 bits per heavy atom. The molecule has 1 aliphatic heterocycles. The van der Waals surface area contributed by atoms with Gasteiger partial charge < -0.3 is 10.0 Å². The number of carbonyl (C=O) groups is 2. The Bertz CT molecular complexity index is 597. The molecule has 0 aromatic heterocycles. The fourth-order valence-corrected chi connectivity index (χ4v) is 3.65. The molecule has 1 saturated heterocycles. The number of carboxylic acids is 1. The van der Waals surface area contributed by atoms with Crippen LogP contribution in [0.3, 0.4) is 0 Å². The van der Waals surface area contributed by atoms with Crippen molar-refractivity contribution in [3.63, 3.8) is 0 Å². The molecule has 0 bridgehead atoms. The largest absolute Gasteiger partial charge is 0.481 e. The number of hydrogen-bond acceptors (Lipinski definition) is 2. The Balaban J connectivity index is 1.74. The number of benzene rings is 1. The Morgan fingerprint density at radius 3 is 2.68 bits per heavy atom. The van der Waals surface area contributed by atoms with Gasteiger partial charge in [0.1, 0.15) is 0 Å². The van der Waals surface area contributed by atoms with Crippen LogP contribution < -0.4 is 0 Å². The molecule has 1 heterocycles. The zero-order valence-corrected chi connectivity index (χ0v) is 13.2. The van der Waals surface area contributed by atoms with Gasteiger partial charge in [0, 0.05) is 17.6 Å². The molecule has 0 spiro atoms. The summed E-state index contributed by atoms with van der Waals surface area (Å²) in [5, 5.41) is 9.71. The summed E-state index contributed by atoms with van der Waals surface area (Å²) < 4.78 is 0. The molecule has 1 aromatic carbocycles. The molecule has 1 atom stereocenters. The molecule has 1 amide bonds. The molecule has 2 fully saturated rings. The molecule has 22 heavy (non-hydrogen) atoms. The smallest absolute Gasteiger partial charge is 0.305 e. The Morgan fingerprint density at radius 2 is 2.05 bits per heavy atom. The minimum atomic E-state index is -0.833. The van der Waals surface area contributed by atoms with Crippen molar-refractivity contribution in [2.75, 3.05) is 6.54 Å². The molecule has 4 nitrogen and oxygen atoms in total. The predicted octanol–water partition coefficient (Wildman–Crippen LogP) is 3.13. The van der Waals surface area contributed by atoms with Gasteiger partial charge in [-0.25, -0.2) is 0 Å². The topological polar surface area (TPSA) is 57.6 Å². The number of carboxylic acid groups (broad SMARTS) is 1. The zero-order valence-electron chi connectivity index (χ0n) is 12.4. The van der Waals surface area contributed by atoms with Crippen molar-refractivity contribution in [3.8, 4) is 0 Å². The standard InChI is InChI=1S/C17H20ClNO3/c18-14-6-2-1-4-12(14)11-17(7-8-17)16(22)19-9-3-5-13(19)10-15(20)21/h1-2,4,6,13H,3,5,7-11H2,(H,20,21). The summed E-state index contributed by atoms with van der Waals surface area (Å²) in [6.45, 7) is 0.682. The first-order chi connectivity index (χ1) is 10.5. The van der Waals surface area contributed by atoms with Crippen molar-refractivity contribution in [1.82, 2.24) is 4.90 Å². The molecule has 2 aliphatic rings. The van der Waals surface area contributed by atoms with Gasteiger partial charge in [-0.05, 0) is 43.7 Å². The van der Waals surface area contributed by atoms with E-state index in [-0.39, 0.29) is 23.8 Å². The summed E-state index contributed by atoms with van der Waals surface area (Å²) in [6, 6.07) is 7.49. The predicted molar refractivity (Wildman–Crippen MR) is 83.8 cm³/mol. The average Bonchev–Trinajstić information content (AvgIpc) is 3.12. The molecule has 118 valence electrons. The number of hydrogen-bond donors (Lipinski definition) is 1. The van der Waals surface area contributed by atoms with Gasteiger partial charge in [-0.1, -0.05) is 29.8 Å². The summed E-state index contributed by atoms with van der Waals surface area (Å²) in [4.78, 5) is 25.7. The van der Waals surface area contributed by atoms with Crippen LogP contribution in [0.4, 0.5) is 0 Å². The first-order valence-electron chi connectivity index (χ1n) is 7.78. The number of rotatable bonds is 5. The molecule has 1 N–H and O–H groups in total. The fourth-order valence-electron chi connectivity index (χ4n) is 3.44. The number of likely N-dealkylation sites (tertiary alicyclic amines) is 1. The Labute approximate surface area is 135 Å². The average molecular weight is 322 g/mol. The lowest BCUT2D eigenvalue weighted by Gasteiger charge is -2.28. The number of amides is 1. The molecule has 0 radical (unpaired) electrons. The monoisotopic (exact) mass is 321 g/mol. The van der Waals surface area contributed by atoms with Crippen molar-refractivity contribution in [3.05, 3.63) is 34.9 Å². The highest BCUT2D eigenvalue weighted by atomic mass is 35.5. The number of aliphatic carboxylic acids is 1. The summed E-state index contributed by atoms with van der Waals surface area (Å²) in [5.74, 6) is -0.711. The highest BCUT2D eigenvalue weighted by molar-refractivity contribution is 6.31. The van der Waals surface area contributed by atoms with Gasteiger partial charge in [0.2, 0.25) is 5.91 Å². The van der Waals surface area contributed by atoms with E-state index in [2.05, 4.69) is 0 Å². The first-order valence-corrected chi connectivity index (χ1v) is 8.16. The van der Waals surface area contributed by atoms with Gasteiger partial charge in [-0.15, -0.1) is 0 Å². The maximum atomic E-state index is 12.9. The summed E-state index contributed by atoms with van der Waals surface area (Å²) in [7, 11) is 0. The first kappa shape index (κ1) is 15.3.